The van der Waals surface area contributed by atoms with E-state index in [0.717, 1.165) is 27.0 Å². The molecule has 0 saturated heterocycles. The molecule has 2 rings (SSSR count). The van der Waals surface area contributed by atoms with E-state index in [9.17, 15) is 4.79 Å². The van der Waals surface area contributed by atoms with Gasteiger partial charge in [-0.05, 0) is 49.2 Å². The van der Waals surface area contributed by atoms with Gasteiger partial charge in [0, 0.05) is 23.0 Å². The summed E-state index contributed by atoms with van der Waals surface area (Å²) in [5.41, 5.74) is 3.06. The highest BCUT2D eigenvalue weighted by atomic mass is 79.9. The van der Waals surface area contributed by atoms with Crippen molar-refractivity contribution in [3.05, 3.63) is 51.9 Å². The van der Waals surface area contributed by atoms with Crippen molar-refractivity contribution in [2.24, 2.45) is 0 Å². The largest absolute Gasteiger partial charge is 0.469 e. The van der Waals surface area contributed by atoms with E-state index in [1.807, 2.05) is 38.1 Å². The lowest BCUT2D eigenvalue weighted by atomic mass is 10.1. The molecule has 0 saturated carbocycles. The summed E-state index contributed by atoms with van der Waals surface area (Å²) in [5.74, 6) is 0.829. The second kappa shape index (κ2) is 6.06. The lowest BCUT2D eigenvalue weighted by molar-refractivity contribution is -0.116. The van der Waals surface area contributed by atoms with Crippen LogP contribution < -0.4 is 5.32 Å². The van der Waals surface area contributed by atoms with Crippen molar-refractivity contribution in [3.63, 3.8) is 0 Å². The van der Waals surface area contributed by atoms with Gasteiger partial charge in [-0.1, -0.05) is 15.9 Å². The van der Waals surface area contributed by atoms with Crippen molar-refractivity contribution in [2.75, 3.05) is 5.32 Å². The molecule has 1 heterocycles. The molecular weight excluding hydrogens is 306 g/mol. The van der Waals surface area contributed by atoms with Gasteiger partial charge in [0.15, 0.2) is 0 Å². The van der Waals surface area contributed by atoms with Crippen molar-refractivity contribution < 1.29 is 9.21 Å². The summed E-state index contributed by atoms with van der Waals surface area (Å²) in [6, 6.07) is 7.62. The molecule has 1 aromatic carbocycles. The van der Waals surface area contributed by atoms with Crippen LogP contribution in [0.3, 0.4) is 0 Å². The summed E-state index contributed by atoms with van der Waals surface area (Å²) in [6.07, 6.45) is 2.66. The Bertz CT molecular complexity index is 553. The molecule has 0 radical (unpaired) electrons. The van der Waals surface area contributed by atoms with Crippen LogP contribution in [0.5, 0.6) is 0 Å². The Kier molecular flexibility index (Phi) is 4.43. The maximum absolute atomic E-state index is 11.9. The molecule has 1 N–H and O–H groups in total. The van der Waals surface area contributed by atoms with Gasteiger partial charge in [0.25, 0.3) is 0 Å². The van der Waals surface area contributed by atoms with Crippen LogP contribution >= 0.6 is 15.9 Å². The zero-order valence-electron chi connectivity index (χ0n) is 11.0. The van der Waals surface area contributed by atoms with E-state index < -0.39 is 0 Å². The summed E-state index contributed by atoms with van der Waals surface area (Å²) in [5, 5.41) is 2.91. The van der Waals surface area contributed by atoms with E-state index in [2.05, 4.69) is 21.2 Å². The third-order valence-electron chi connectivity index (χ3n) is 2.90. The quantitative estimate of drug-likeness (QED) is 0.915. The van der Waals surface area contributed by atoms with Gasteiger partial charge in [-0.25, -0.2) is 0 Å². The maximum Gasteiger partial charge on any atom is 0.224 e. The van der Waals surface area contributed by atoms with E-state index in [4.69, 9.17) is 4.42 Å². The standard InChI is InChI=1S/C15H16BrNO2/c1-10-8-12(9-11(2)15(10)16)17-14(18)6-5-13-4-3-7-19-13/h3-4,7-9H,5-6H2,1-2H3,(H,17,18). The topological polar surface area (TPSA) is 42.2 Å². The van der Waals surface area contributed by atoms with E-state index >= 15 is 0 Å². The summed E-state index contributed by atoms with van der Waals surface area (Å²) in [4.78, 5) is 11.9. The second-order valence-electron chi connectivity index (χ2n) is 4.55. The van der Waals surface area contributed by atoms with Crippen LogP contribution in [0.1, 0.15) is 23.3 Å². The first-order valence-corrected chi connectivity index (χ1v) is 6.94. The monoisotopic (exact) mass is 321 g/mol. The molecule has 0 bridgehead atoms. The van der Waals surface area contributed by atoms with Crippen LogP contribution in [0, 0.1) is 13.8 Å². The number of furan rings is 1. The lowest BCUT2D eigenvalue weighted by Gasteiger charge is -2.09. The van der Waals surface area contributed by atoms with Crippen molar-refractivity contribution in [2.45, 2.75) is 26.7 Å². The highest BCUT2D eigenvalue weighted by molar-refractivity contribution is 9.10. The van der Waals surface area contributed by atoms with Crippen molar-refractivity contribution in [1.29, 1.82) is 0 Å². The smallest absolute Gasteiger partial charge is 0.224 e. The molecule has 0 fully saturated rings. The predicted octanol–water partition coefficient (Wildman–Crippen LogP) is 4.23. The maximum atomic E-state index is 11.9. The second-order valence-corrected chi connectivity index (χ2v) is 5.34. The summed E-state index contributed by atoms with van der Waals surface area (Å²) >= 11 is 3.51. The van der Waals surface area contributed by atoms with Crippen molar-refractivity contribution >= 4 is 27.5 Å². The molecule has 0 unspecified atom stereocenters. The van der Waals surface area contributed by atoms with Gasteiger partial charge in [-0.3, -0.25) is 4.79 Å². The van der Waals surface area contributed by atoms with E-state index in [1.54, 1.807) is 6.26 Å². The number of hydrogen-bond donors (Lipinski definition) is 1. The van der Waals surface area contributed by atoms with Gasteiger partial charge in [-0.2, -0.15) is 0 Å². The number of nitrogens with one attached hydrogen (secondary N) is 1. The highest BCUT2D eigenvalue weighted by Crippen LogP contribution is 2.25. The summed E-state index contributed by atoms with van der Waals surface area (Å²) in [6.45, 7) is 4.02. The molecule has 3 nitrogen and oxygen atoms in total. The number of carbonyl (C=O) groups is 1. The minimum absolute atomic E-state index is 0.00229. The average molecular weight is 322 g/mol. The SMILES string of the molecule is Cc1cc(NC(=O)CCc2ccco2)cc(C)c1Br. The fourth-order valence-electron chi connectivity index (χ4n) is 1.93. The fraction of sp³-hybridized carbons (Fsp3) is 0.267. The number of hydrogen-bond acceptors (Lipinski definition) is 2. The molecule has 1 amide bonds. The zero-order valence-corrected chi connectivity index (χ0v) is 12.6. The number of rotatable bonds is 4. The number of anilines is 1. The fourth-order valence-corrected chi connectivity index (χ4v) is 2.16. The van der Waals surface area contributed by atoms with Gasteiger partial charge in [0.1, 0.15) is 5.76 Å². The number of carbonyl (C=O) groups excluding carboxylic acids is 1. The Balaban J connectivity index is 1.95. The van der Waals surface area contributed by atoms with Gasteiger partial charge in [0.05, 0.1) is 6.26 Å². The third-order valence-corrected chi connectivity index (χ3v) is 4.15. The normalized spacial score (nSPS) is 10.5. The minimum Gasteiger partial charge on any atom is -0.469 e. The van der Waals surface area contributed by atoms with E-state index in [1.165, 1.54) is 0 Å². The van der Waals surface area contributed by atoms with E-state index in [0.29, 0.717) is 12.8 Å². The molecule has 100 valence electrons. The summed E-state index contributed by atoms with van der Waals surface area (Å²) in [7, 11) is 0. The minimum atomic E-state index is -0.00229. The number of amides is 1. The molecular formula is C15H16BrNO2. The first-order chi connectivity index (χ1) is 9.06. The van der Waals surface area contributed by atoms with Crippen LogP contribution in [-0.4, -0.2) is 5.91 Å². The molecule has 0 aliphatic rings. The van der Waals surface area contributed by atoms with Crippen LogP contribution in [0.4, 0.5) is 5.69 Å². The van der Waals surface area contributed by atoms with Gasteiger partial charge < -0.3 is 9.73 Å². The Labute approximate surface area is 121 Å². The molecule has 4 heteroatoms. The molecule has 2 aromatic rings. The van der Waals surface area contributed by atoms with Gasteiger partial charge in [-0.15, -0.1) is 0 Å². The van der Waals surface area contributed by atoms with Crippen LogP contribution in [0.25, 0.3) is 0 Å². The number of aryl methyl sites for hydroxylation is 3. The Morgan fingerprint density at radius 1 is 1.32 bits per heavy atom. The number of halogens is 1. The summed E-state index contributed by atoms with van der Waals surface area (Å²) < 4.78 is 6.29. The van der Waals surface area contributed by atoms with Crippen LogP contribution in [0.2, 0.25) is 0 Å². The zero-order chi connectivity index (χ0) is 13.8. The average Bonchev–Trinajstić information content (AvgIpc) is 2.86. The first-order valence-electron chi connectivity index (χ1n) is 6.15. The molecule has 1 aromatic heterocycles. The Morgan fingerprint density at radius 2 is 2.00 bits per heavy atom. The Morgan fingerprint density at radius 3 is 2.58 bits per heavy atom. The van der Waals surface area contributed by atoms with Crippen molar-refractivity contribution in [3.8, 4) is 0 Å². The number of benzene rings is 1. The van der Waals surface area contributed by atoms with Crippen LogP contribution in [0.15, 0.2) is 39.4 Å². The molecule has 0 atom stereocenters. The molecule has 0 spiro atoms. The molecule has 19 heavy (non-hydrogen) atoms. The van der Waals surface area contributed by atoms with Crippen LogP contribution in [-0.2, 0) is 11.2 Å². The molecule has 0 aliphatic heterocycles. The Hall–Kier alpha value is -1.55. The van der Waals surface area contributed by atoms with Gasteiger partial charge in [0.2, 0.25) is 5.91 Å². The first kappa shape index (κ1) is 13.9. The molecule has 0 aliphatic carbocycles. The lowest BCUT2D eigenvalue weighted by Crippen LogP contribution is -2.12. The van der Waals surface area contributed by atoms with Gasteiger partial charge >= 0.3 is 0 Å². The third kappa shape index (κ3) is 3.70. The highest BCUT2D eigenvalue weighted by Gasteiger charge is 2.07. The van der Waals surface area contributed by atoms with E-state index in [-0.39, 0.29) is 5.91 Å². The van der Waals surface area contributed by atoms with Crippen molar-refractivity contribution in [1.82, 2.24) is 0 Å². The predicted molar refractivity (Wildman–Crippen MR) is 79.3 cm³/mol.